The number of ether oxygens (including phenoxy) is 2. The molecule has 1 saturated carbocycles. The SMILES string of the molecule is CCN(CC(O)c1c(Cl)ccc2ncc(OC)nc12)C1CCC(NCc2ccc3c(n2)NC(=O)CO3)C1. The van der Waals surface area contributed by atoms with Gasteiger partial charge in [-0.25, -0.2) is 15.0 Å². The van der Waals surface area contributed by atoms with E-state index in [1.807, 2.05) is 12.1 Å². The van der Waals surface area contributed by atoms with Crippen LogP contribution in [0.15, 0.2) is 30.5 Å². The van der Waals surface area contributed by atoms with E-state index in [1.165, 1.54) is 7.11 Å². The number of carbonyl (C=O) groups excluding carboxylic acids is 1. The number of benzene rings is 1. The van der Waals surface area contributed by atoms with Crippen molar-refractivity contribution in [2.45, 2.75) is 50.9 Å². The van der Waals surface area contributed by atoms with Gasteiger partial charge in [-0.15, -0.1) is 0 Å². The molecule has 10 nitrogen and oxygen atoms in total. The van der Waals surface area contributed by atoms with E-state index in [0.29, 0.717) is 64.2 Å². The molecule has 0 radical (unpaired) electrons. The van der Waals surface area contributed by atoms with Crippen molar-refractivity contribution in [1.82, 2.24) is 25.2 Å². The van der Waals surface area contributed by atoms with Crippen molar-refractivity contribution in [2.24, 2.45) is 0 Å². The zero-order chi connectivity index (χ0) is 25.9. The summed E-state index contributed by atoms with van der Waals surface area (Å²) in [5, 5.41) is 18.1. The van der Waals surface area contributed by atoms with Gasteiger partial charge >= 0.3 is 0 Å². The number of aromatic nitrogens is 3. The zero-order valence-corrected chi connectivity index (χ0v) is 21.7. The number of hydrogen-bond donors (Lipinski definition) is 3. The van der Waals surface area contributed by atoms with Crippen LogP contribution in [0.25, 0.3) is 11.0 Å². The van der Waals surface area contributed by atoms with Crippen molar-refractivity contribution in [1.29, 1.82) is 0 Å². The van der Waals surface area contributed by atoms with Crippen LogP contribution in [0.3, 0.4) is 0 Å². The Kier molecular flexibility index (Phi) is 7.71. The summed E-state index contributed by atoms with van der Waals surface area (Å²) in [6.07, 6.45) is 3.75. The maximum absolute atomic E-state index is 11.6. The van der Waals surface area contributed by atoms with Gasteiger partial charge in [0, 0.05) is 35.8 Å². The van der Waals surface area contributed by atoms with Gasteiger partial charge in [-0.3, -0.25) is 9.69 Å². The van der Waals surface area contributed by atoms with Crippen LogP contribution in [-0.2, 0) is 11.3 Å². The predicted molar refractivity (Wildman–Crippen MR) is 140 cm³/mol. The highest BCUT2D eigenvalue weighted by molar-refractivity contribution is 6.32. The van der Waals surface area contributed by atoms with Crippen molar-refractivity contribution < 1.29 is 19.4 Å². The van der Waals surface area contributed by atoms with E-state index < -0.39 is 6.10 Å². The molecule has 37 heavy (non-hydrogen) atoms. The van der Waals surface area contributed by atoms with Gasteiger partial charge in [0.2, 0.25) is 5.88 Å². The average molecular weight is 527 g/mol. The Morgan fingerprint density at radius 3 is 2.97 bits per heavy atom. The van der Waals surface area contributed by atoms with E-state index in [2.05, 4.69) is 37.4 Å². The van der Waals surface area contributed by atoms with Crippen molar-refractivity contribution in [2.75, 3.05) is 32.1 Å². The Bertz CT molecular complexity index is 1290. The molecule has 1 aliphatic carbocycles. The Labute approximate surface area is 220 Å². The topological polar surface area (TPSA) is 122 Å². The minimum atomic E-state index is -0.818. The third-order valence-electron chi connectivity index (χ3n) is 7.06. The molecule has 3 atom stereocenters. The van der Waals surface area contributed by atoms with Crippen LogP contribution in [-0.4, -0.2) is 69.8 Å². The molecule has 3 unspecified atom stereocenters. The molecule has 2 aliphatic rings. The number of anilines is 1. The first-order chi connectivity index (χ1) is 17.9. The number of rotatable bonds is 9. The van der Waals surface area contributed by atoms with Crippen molar-refractivity contribution in [3.63, 3.8) is 0 Å². The fourth-order valence-corrected chi connectivity index (χ4v) is 5.43. The van der Waals surface area contributed by atoms with Gasteiger partial charge in [-0.1, -0.05) is 18.5 Å². The minimum absolute atomic E-state index is 0.0205. The second-order valence-corrected chi connectivity index (χ2v) is 9.78. The van der Waals surface area contributed by atoms with E-state index in [4.69, 9.17) is 21.1 Å². The number of methoxy groups -OCH3 is 1. The highest BCUT2D eigenvalue weighted by Crippen LogP contribution is 2.33. The van der Waals surface area contributed by atoms with Gasteiger partial charge in [-0.05, 0) is 50.1 Å². The van der Waals surface area contributed by atoms with Gasteiger partial charge in [0.25, 0.3) is 5.91 Å². The largest absolute Gasteiger partial charge is 0.480 e. The average Bonchev–Trinajstić information content (AvgIpc) is 3.38. The lowest BCUT2D eigenvalue weighted by Gasteiger charge is -2.30. The molecule has 1 aromatic carbocycles. The summed E-state index contributed by atoms with van der Waals surface area (Å²) >= 11 is 6.52. The molecule has 196 valence electrons. The van der Waals surface area contributed by atoms with Crippen LogP contribution in [0, 0.1) is 0 Å². The van der Waals surface area contributed by atoms with Crippen LogP contribution in [0.4, 0.5) is 5.82 Å². The van der Waals surface area contributed by atoms with E-state index in [0.717, 1.165) is 31.5 Å². The molecule has 1 amide bonds. The number of fused-ring (bicyclic) bond motifs is 2. The molecule has 3 aromatic rings. The lowest BCUT2D eigenvalue weighted by atomic mass is 10.0. The first-order valence-electron chi connectivity index (χ1n) is 12.5. The van der Waals surface area contributed by atoms with Gasteiger partial charge in [0.15, 0.2) is 18.2 Å². The van der Waals surface area contributed by atoms with Gasteiger partial charge in [-0.2, -0.15) is 0 Å². The number of aliphatic hydroxyl groups excluding tert-OH is 1. The van der Waals surface area contributed by atoms with Crippen LogP contribution in [0.1, 0.15) is 43.5 Å². The summed E-state index contributed by atoms with van der Waals surface area (Å²) in [6, 6.07) is 7.96. The van der Waals surface area contributed by atoms with Gasteiger partial charge in [0.1, 0.15) is 5.52 Å². The lowest BCUT2D eigenvalue weighted by Crippen LogP contribution is -2.38. The first kappa shape index (κ1) is 25.6. The van der Waals surface area contributed by atoms with Crippen molar-refractivity contribution in [3.8, 4) is 11.6 Å². The van der Waals surface area contributed by atoms with E-state index >= 15 is 0 Å². The molecule has 5 rings (SSSR count). The quantitative estimate of drug-likeness (QED) is 0.386. The van der Waals surface area contributed by atoms with Crippen LogP contribution in [0.5, 0.6) is 11.6 Å². The van der Waals surface area contributed by atoms with Crippen molar-refractivity contribution in [3.05, 3.63) is 46.7 Å². The highest BCUT2D eigenvalue weighted by Gasteiger charge is 2.31. The lowest BCUT2D eigenvalue weighted by molar-refractivity contribution is -0.118. The molecule has 1 fully saturated rings. The Morgan fingerprint density at radius 2 is 2.16 bits per heavy atom. The first-order valence-corrected chi connectivity index (χ1v) is 12.9. The number of likely N-dealkylation sites (N-methyl/N-ethyl adjacent to an activating group) is 1. The number of nitrogens with one attached hydrogen (secondary N) is 2. The number of hydrogen-bond acceptors (Lipinski definition) is 9. The van der Waals surface area contributed by atoms with Crippen molar-refractivity contribution >= 4 is 34.4 Å². The standard InChI is InChI=1S/C26H31ClN6O4/c1-3-33(13-20(34)24-18(27)7-8-19-25(24)32-23(36-2)12-29-19)17-6-4-15(10-17)28-11-16-5-9-21-26(30-16)31-22(35)14-37-21/h5,7-9,12,15,17,20,28,34H,3-4,6,10-11,13-14H2,1-2H3,(H,30,31,35). The third kappa shape index (κ3) is 5.62. The maximum atomic E-state index is 11.6. The molecule has 11 heteroatoms. The summed E-state index contributed by atoms with van der Waals surface area (Å²) in [7, 11) is 1.54. The van der Waals surface area contributed by atoms with E-state index in [1.54, 1.807) is 18.3 Å². The Balaban J connectivity index is 1.21. The summed E-state index contributed by atoms with van der Waals surface area (Å²) in [6.45, 7) is 3.97. The van der Waals surface area contributed by atoms with Crippen LogP contribution >= 0.6 is 11.6 Å². The second kappa shape index (κ2) is 11.1. The molecule has 0 spiro atoms. The summed E-state index contributed by atoms with van der Waals surface area (Å²) in [5.74, 6) is 1.25. The molecule has 2 aromatic heterocycles. The van der Waals surface area contributed by atoms with Crippen LogP contribution < -0.4 is 20.1 Å². The molecule has 0 bridgehead atoms. The highest BCUT2D eigenvalue weighted by atomic mass is 35.5. The number of nitrogens with zero attached hydrogens (tertiary/aromatic N) is 4. The normalized spacial score (nSPS) is 20.0. The number of aliphatic hydroxyl groups is 1. The van der Waals surface area contributed by atoms with Gasteiger partial charge in [0.05, 0.1) is 30.6 Å². The van der Waals surface area contributed by atoms with E-state index in [-0.39, 0.29) is 12.5 Å². The number of amides is 1. The second-order valence-electron chi connectivity index (χ2n) is 9.38. The maximum Gasteiger partial charge on any atom is 0.263 e. The molecule has 0 saturated heterocycles. The van der Waals surface area contributed by atoms with Gasteiger partial charge < -0.3 is 25.2 Å². The van der Waals surface area contributed by atoms with Crippen LogP contribution in [0.2, 0.25) is 5.02 Å². The zero-order valence-electron chi connectivity index (χ0n) is 20.9. The molecule has 1 aliphatic heterocycles. The molecular formula is C26H31ClN6O4. The van der Waals surface area contributed by atoms with E-state index in [9.17, 15) is 9.90 Å². The fraction of sp³-hybridized carbons (Fsp3) is 0.462. The number of halogens is 1. The Morgan fingerprint density at radius 1 is 1.30 bits per heavy atom. The minimum Gasteiger partial charge on any atom is -0.480 e. The summed E-state index contributed by atoms with van der Waals surface area (Å²) in [5.41, 5.74) is 2.64. The Hall–Kier alpha value is -3.05. The number of pyridine rings is 1. The summed E-state index contributed by atoms with van der Waals surface area (Å²) in [4.78, 5) is 27.3. The predicted octanol–water partition coefficient (Wildman–Crippen LogP) is 3.08. The fourth-order valence-electron chi connectivity index (χ4n) is 5.15. The number of carbonyl (C=O) groups is 1. The molecule has 3 heterocycles. The molecular weight excluding hydrogens is 496 g/mol. The third-order valence-corrected chi connectivity index (χ3v) is 7.39. The monoisotopic (exact) mass is 526 g/mol. The summed E-state index contributed by atoms with van der Waals surface area (Å²) < 4.78 is 10.6. The smallest absolute Gasteiger partial charge is 0.263 e. The molecule has 3 N–H and O–H groups in total.